The summed E-state index contributed by atoms with van der Waals surface area (Å²) in [5, 5.41) is 7.84. The van der Waals surface area contributed by atoms with Crippen LogP contribution in [0.15, 0.2) is 14.9 Å². The SMILES string of the molecule is CCOC(=O)c1c(C)[nH]c(C(=O)OCc2nnc(-c3cc(C)oc3C)o2)c1C. The molecule has 9 heteroatoms. The van der Waals surface area contributed by atoms with Crippen molar-refractivity contribution in [3.05, 3.63) is 46.0 Å². The van der Waals surface area contributed by atoms with Crippen LogP contribution in [0.5, 0.6) is 0 Å². The summed E-state index contributed by atoms with van der Waals surface area (Å²) < 4.78 is 21.2. The van der Waals surface area contributed by atoms with E-state index in [2.05, 4.69) is 15.2 Å². The van der Waals surface area contributed by atoms with Crippen molar-refractivity contribution >= 4 is 11.9 Å². The van der Waals surface area contributed by atoms with Crippen LogP contribution in [-0.4, -0.2) is 33.7 Å². The number of aromatic nitrogens is 3. The number of nitrogens with one attached hydrogen (secondary N) is 1. The Kier molecular flexibility index (Phi) is 5.34. The van der Waals surface area contributed by atoms with E-state index in [4.69, 9.17) is 18.3 Å². The number of aromatic amines is 1. The smallest absolute Gasteiger partial charge is 0.355 e. The molecule has 9 nitrogen and oxygen atoms in total. The molecule has 0 aliphatic rings. The molecule has 0 fully saturated rings. The lowest BCUT2D eigenvalue weighted by Gasteiger charge is -2.03. The maximum atomic E-state index is 12.4. The van der Waals surface area contributed by atoms with Crippen molar-refractivity contribution in [1.29, 1.82) is 0 Å². The molecule has 0 radical (unpaired) electrons. The van der Waals surface area contributed by atoms with Gasteiger partial charge in [-0.15, -0.1) is 10.2 Å². The maximum Gasteiger partial charge on any atom is 0.355 e. The van der Waals surface area contributed by atoms with Crippen LogP contribution >= 0.6 is 0 Å². The molecular formula is C19H21N3O6. The minimum absolute atomic E-state index is 0.146. The molecule has 1 N–H and O–H groups in total. The van der Waals surface area contributed by atoms with Crippen molar-refractivity contribution in [2.75, 3.05) is 6.61 Å². The third-order valence-corrected chi connectivity index (χ3v) is 4.19. The number of esters is 2. The van der Waals surface area contributed by atoms with E-state index in [-0.39, 0.29) is 30.7 Å². The summed E-state index contributed by atoms with van der Waals surface area (Å²) in [6.45, 7) is 8.72. The van der Waals surface area contributed by atoms with E-state index < -0.39 is 11.9 Å². The van der Waals surface area contributed by atoms with Gasteiger partial charge in [0, 0.05) is 5.69 Å². The van der Waals surface area contributed by atoms with Crippen molar-refractivity contribution in [3.8, 4) is 11.5 Å². The molecule has 3 aromatic rings. The van der Waals surface area contributed by atoms with E-state index in [9.17, 15) is 9.59 Å². The fraction of sp³-hybridized carbons (Fsp3) is 0.368. The first-order valence-electron chi connectivity index (χ1n) is 8.75. The van der Waals surface area contributed by atoms with Gasteiger partial charge < -0.3 is 23.3 Å². The van der Waals surface area contributed by atoms with Gasteiger partial charge in [-0.3, -0.25) is 0 Å². The van der Waals surface area contributed by atoms with Gasteiger partial charge in [-0.2, -0.15) is 0 Å². The highest BCUT2D eigenvalue weighted by Crippen LogP contribution is 2.25. The zero-order valence-corrected chi connectivity index (χ0v) is 16.3. The van der Waals surface area contributed by atoms with Gasteiger partial charge in [0.1, 0.15) is 17.2 Å². The molecule has 0 bridgehead atoms. The zero-order valence-electron chi connectivity index (χ0n) is 16.3. The number of carbonyl (C=O) groups is 2. The van der Waals surface area contributed by atoms with Crippen LogP contribution < -0.4 is 0 Å². The highest BCUT2D eigenvalue weighted by molar-refractivity contribution is 5.98. The predicted octanol–water partition coefficient (Wildman–Crippen LogP) is 3.43. The lowest BCUT2D eigenvalue weighted by molar-refractivity contribution is 0.0431. The highest BCUT2D eigenvalue weighted by Gasteiger charge is 2.24. The molecule has 148 valence electrons. The number of ether oxygens (including phenoxy) is 2. The minimum Gasteiger partial charge on any atom is -0.466 e. The van der Waals surface area contributed by atoms with Crippen LogP contribution in [0, 0.1) is 27.7 Å². The highest BCUT2D eigenvalue weighted by atomic mass is 16.5. The number of nitrogens with zero attached hydrogens (tertiary/aromatic N) is 2. The first-order chi connectivity index (χ1) is 13.3. The molecule has 3 rings (SSSR count). The lowest BCUT2D eigenvalue weighted by Crippen LogP contribution is -2.09. The average molecular weight is 387 g/mol. The Labute approximate surface area is 161 Å². The normalized spacial score (nSPS) is 10.9. The minimum atomic E-state index is -0.633. The standard InChI is InChI=1S/C19H21N3O6/c1-6-25-18(23)15-10(3)16(20-11(15)4)19(24)26-8-14-21-22-17(28-14)13-7-9(2)27-12(13)5/h7,20H,6,8H2,1-5H3. The summed E-state index contributed by atoms with van der Waals surface area (Å²) >= 11 is 0. The van der Waals surface area contributed by atoms with E-state index in [0.29, 0.717) is 28.1 Å². The quantitative estimate of drug-likeness (QED) is 0.639. The Bertz CT molecular complexity index is 1030. The summed E-state index contributed by atoms with van der Waals surface area (Å²) in [5.41, 5.74) is 2.21. The van der Waals surface area contributed by atoms with Crippen LogP contribution in [0.25, 0.3) is 11.5 Å². The van der Waals surface area contributed by atoms with E-state index in [1.165, 1.54) is 0 Å². The summed E-state index contributed by atoms with van der Waals surface area (Å²) in [6.07, 6.45) is 0. The van der Waals surface area contributed by atoms with Crippen LogP contribution in [0.1, 0.15) is 56.4 Å². The van der Waals surface area contributed by atoms with Crippen LogP contribution in [0.2, 0.25) is 0 Å². The first kappa shape index (κ1) is 19.4. The average Bonchev–Trinajstić information content (AvgIpc) is 3.30. The van der Waals surface area contributed by atoms with Gasteiger partial charge in [-0.05, 0) is 46.2 Å². The largest absolute Gasteiger partial charge is 0.466 e. The molecule has 0 saturated heterocycles. The molecule has 0 amide bonds. The van der Waals surface area contributed by atoms with Gasteiger partial charge >= 0.3 is 11.9 Å². The fourth-order valence-corrected chi connectivity index (χ4v) is 2.93. The molecule has 28 heavy (non-hydrogen) atoms. The Morgan fingerprint density at radius 2 is 1.82 bits per heavy atom. The molecule has 0 saturated carbocycles. The number of hydrogen-bond acceptors (Lipinski definition) is 8. The maximum absolute atomic E-state index is 12.4. The molecule has 0 aliphatic carbocycles. The molecule has 0 aliphatic heterocycles. The van der Waals surface area contributed by atoms with Gasteiger partial charge in [0.15, 0.2) is 6.61 Å². The molecule has 3 aromatic heterocycles. The zero-order chi connectivity index (χ0) is 20.4. The van der Waals surface area contributed by atoms with Gasteiger partial charge in [-0.1, -0.05) is 0 Å². The van der Waals surface area contributed by atoms with Crippen molar-refractivity contribution in [2.45, 2.75) is 41.2 Å². The number of rotatable bonds is 6. The molecule has 3 heterocycles. The van der Waals surface area contributed by atoms with Crippen molar-refractivity contribution in [1.82, 2.24) is 15.2 Å². The Morgan fingerprint density at radius 1 is 1.07 bits per heavy atom. The van der Waals surface area contributed by atoms with Crippen LogP contribution in [-0.2, 0) is 16.1 Å². The second-order valence-corrected chi connectivity index (χ2v) is 6.25. The number of hydrogen-bond donors (Lipinski definition) is 1. The predicted molar refractivity (Wildman–Crippen MR) is 96.8 cm³/mol. The number of H-pyrrole nitrogens is 1. The van der Waals surface area contributed by atoms with Gasteiger partial charge in [0.05, 0.1) is 17.7 Å². The summed E-state index contributed by atoms with van der Waals surface area (Å²) in [7, 11) is 0. The van der Waals surface area contributed by atoms with Crippen LogP contribution in [0.3, 0.4) is 0 Å². The molecule has 0 spiro atoms. The number of aryl methyl sites for hydroxylation is 3. The first-order valence-corrected chi connectivity index (χ1v) is 8.75. The van der Waals surface area contributed by atoms with Crippen molar-refractivity contribution in [2.24, 2.45) is 0 Å². The molecular weight excluding hydrogens is 366 g/mol. The third kappa shape index (κ3) is 3.68. The van der Waals surface area contributed by atoms with E-state index in [1.54, 1.807) is 33.8 Å². The fourth-order valence-electron chi connectivity index (χ4n) is 2.93. The van der Waals surface area contributed by atoms with E-state index >= 15 is 0 Å². The van der Waals surface area contributed by atoms with Crippen LogP contribution in [0.4, 0.5) is 0 Å². The second kappa shape index (κ2) is 7.71. The topological polar surface area (TPSA) is 120 Å². The molecule has 0 unspecified atom stereocenters. The van der Waals surface area contributed by atoms with E-state index in [1.807, 2.05) is 6.92 Å². The number of carbonyl (C=O) groups excluding carboxylic acids is 2. The number of furan rings is 1. The lowest BCUT2D eigenvalue weighted by atomic mass is 10.1. The third-order valence-electron chi connectivity index (χ3n) is 4.19. The summed E-state index contributed by atoms with van der Waals surface area (Å²) in [5.74, 6) is 0.707. The van der Waals surface area contributed by atoms with Gasteiger partial charge in [0.25, 0.3) is 11.8 Å². The second-order valence-electron chi connectivity index (χ2n) is 6.25. The van der Waals surface area contributed by atoms with E-state index in [0.717, 1.165) is 5.76 Å². The van der Waals surface area contributed by atoms with Crippen molar-refractivity contribution < 1.29 is 27.9 Å². The van der Waals surface area contributed by atoms with Crippen molar-refractivity contribution in [3.63, 3.8) is 0 Å². The molecule has 0 aromatic carbocycles. The summed E-state index contributed by atoms with van der Waals surface area (Å²) in [6, 6.07) is 1.79. The molecule has 0 atom stereocenters. The van der Waals surface area contributed by atoms with Gasteiger partial charge in [0.2, 0.25) is 0 Å². The van der Waals surface area contributed by atoms with Gasteiger partial charge in [-0.25, -0.2) is 9.59 Å². The Balaban J connectivity index is 1.71. The summed E-state index contributed by atoms with van der Waals surface area (Å²) in [4.78, 5) is 27.3. The Morgan fingerprint density at radius 3 is 2.46 bits per heavy atom. The monoisotopic (exact) mass is 387 g/mol. The Hall–Kier alpha value is -3.36.